The molecule has 0 atom stereocenters. The topological polar surface area (TPSA) is 116 Å². The van der Waals surface area contributed by atoms with Gasteiger partial charge in [-0.2, -0.15) is 4.99 Å². The van der Waals surface area contributed by atoms with E-state index in [1.807, 2.05) is 6.92 Å². The lowest BCUT2D eigenvalue weighted by Gasteiger charge is -2.08. The number of rotatable bonds is 2. The molecule has 1 aromatic rings. The molecule has 1 amide bonds. The van der Waals surface area contributed by atoms with Gasteiger partial charge < -0.3 is 11.5 Å². The number of sulfone groups is 1. The molecule has 106 valence electrons. The van der Waals surface area contributed by atoms with E-state index in [1.165, 1.54) is 13.0 Å². The van der Waals surface area contributed by atoms with E-state index in [4.69, 9.17) is 11.5 Å². The maximum Gasteiger partial charge on any atom is 0.280 e. The van der Waals surface area contributed by atoms with Crippen LogP contribution in [-0.2, 0) is 16.3 Å². The van der Waals surface area contributed by atoms with Gasteiger partial charge >= 0.3 is 0 Å². The van der Waals surface area contributed by atoms with Gasteiger partial charge in [-0.25, -0.2) is 8.42 Å². The third-order valence-corrected chi connectivity index (χ3v) is 5.05. The molecule has 0 bridgehead atoms. The molecule has 2 rings (SSSR count). The van der Waals surface area contributed by atoms with E-state index in [0.29, 0.717) is 17.5 Å². The van der Waals surface area contributed by atoms with Crippen molar-refractivity contribution >= 4 is 27.8 Å². The zero-order valence-electron chi connectivity index (χ0n) is 11.2. The first-order valence-electron chi connectivity index (χ1n) is 6.01. The van der Waals surface area contributed by atoms with Crippen molar-refractivity contribution in [3.05, 3.63) is 33.7 Å². The molecular formula is C13H15N3O3S. The molecule has 1 aliphatic heterocycles. The smallest absolute Gasteiger partial charge is 0.280 e. The van der Waals surface area contributed by atoms with Gasteiger partial charge in [0.25, 0.3) is 5.91 Å². The summed E-state index contributed by atoms with van der Waals surface area (Å²) in [5.41, 5.74) is 11.9. The Morgan fingerprint density at radius 1 is 1.30 bits per heavy atom. The van der Waals surface area contributed by atoms with E-state index in [9.17, 15) is 13.2 Å². The van der Waals surface area contributed by atoms with Crippen LogP contribution in [0.5, 0.6) is 0 Å². The summed E-state index contributed by atoms with van der Waals surface area (Å²) in [5, 5.41) is 0. The van der Waals surface area contributed by atoms with Crippen LogP contribution in [0, 0.1) is 0 Å². The third-order valence-electron chi connectivity index (χ3n) is 3.15. The Balaban J connectivity index is 2.67. The van der Waals surface area contributed by atoms with Crippen molar-refractivity contribution < 1.29 is 13.2 Å². The maximum absolute atomic E-state index is 12.1. The van der Waals surface area contributed by atoms with E-state index in [0.717, 1.165) is 0 Å². The summed E-state index contributed by atoms with van der Waals surface area (Å²) in [6.45, 7) is 3.40. The molecule has 0 fully saturated rings. The quantitative estimate of drug-likeness (QED) is 0.618. The number of guanidine groups is 1. The number of fused-ring (bicyclic) bond motifs is 1. The van der Waals surface area contributed by atoms with Gasteiger partial charge in [-0.1, -0.05) is 6.92 Å². The predicted octanol–water partition coefficient (Wildman–Crippen LogP) is 0.811. The van der Waals surface area contributed by atoms with Crippen LogP contribution in [0.15, 0.2) is 26.9 Å². The molecule has 0 saturated heterocycles. The molecule has 6 nitrogen and oxygen atoms in total. The fraction of sp³-hybridized carbons (Fsp3) is 0.231. The highest BCUT2D eigenvalue weighted by molar-refractivity contribution is 7.95. The van der Waals surface area contributed by atoms with Crippen LogP contribution < -0.4 is 11.5 Å². The minimum absolute atomic E-state index is 0.126. The summed E-state index contributed by atoms with van der Waals surface area (Å²) >= 11 is 0. The summed E-state index contributed by atoms with van der Waals surface area (Å²) in [4.78, 5) is 15.8. The van der Waals surface area contributed by atoms with Crippen LogP contribution in [0.3, 0.4) is 0 Å². The zero-order chi connectivity index (χ0) is 15.1. The third kappa shape index (κ3) is 2.20. The summed E-state index contributed by atoms with van der Waals surface area (Å²) in [5.74, 6) is -0.987. The second kappa shape index (κ2) is 4.75. The van der Waals surface area contributed by atoms with Gasteiger partial charge in [0.15, 0.2) is 5.96 Å². The number of hydrogen-bond donors (Lipinski definition) is 2. The van der Waals surface area contributed by atoms with Crippen molar-refractivity contribution in [2.24, 2.45) is 16.5 Å². The predicted molar refractivity (Wildman–Crippen MR) is 76.8 cm³/mol. The van der Waals surface area contributed by atoms with Crippen molar-refractivity contribution in [2.75, 3.05) is 0 Å². The Morgan fingerprint density at radius 2 is 1.95 bits per heavy atom. The summed E-state index contributed by atoms with van der Waals surface area (Å²) < 4.78 is 24.2. The van der Waals surface area contributed by atoms with Gasteiger partial charge in [0, 0.05) is 10.5 Å². The second-order valence-electron chi connectivity index (χ2n) is 4.50. The first-order chi connectivity index (χ1) is 9.27. The van der Waals surface area contributed by atoms with Crippen molar-refractivity contribution in [1.82, 2.24) is 0 Å². The van der Waals surface area contributed by atoms with Crippen molar-refractivity contribution in [1.29, 1.82) is 0 Å². The first-order valence-corrected chi connectivity index (χ1v) is 7.50. The molecule has 4 N–H and O–H groups in total. The highest BCUT2D eigenvalue weighted by Gasteiger charge is 2.28. The fourth-order valence-electron chi connectivity index (χ4n) is 2.13. The van der Waals surface area contributed by atoms with Crippen LogP contribution in [0.2, 0.25) is 0 Å². The molecule has 1 aliphatic rings. The molecule has 0 aliphatic carbocycles. The number of nitrogens with two attached hydrogens (primary N) is 2. The zero-order valence-corrected chi connectivity index (χ0v) is 12.0. The Kier molecular flexibility index (Phi) is 3.39. The molecule has 0 aromatic heterocycles. The van der Waals surface area contributed by atoms with E-state index in [-0.39, 0.29) is 21.3 Å². The average molecular weight is 293 g/mol. The lowest BCUT2D eigenvalue weighted by Crippen LogP contribution is -2.24. The Bertz CT molecular complexity index is 757. The maximum atomic E-state index is 12.1. The van der Waals surface area contributed by atoms with E-state index >= 15 is 0 Å². The summed E-state index contributed by atoms with van der Waals surface area (Å²) in [7, 11) is -3.50. The summed E-state index contributed by atoms with van der Waals surface area (Å²) in [6, 6.07) is 3.05. The normalized spacial score (nSPS) is 15.4. The van der Waals surface area contributed by atoms with Crippen molar-refractivity contribution in [3.63, 3.8) is 0 Å². The molecule has 1 heterocycles. The molecule has 0 radical (unpaired) electrons. The van der Waals surface area contributed by atoms with Crippen LogP contribution >= 0.6 is 0 Å². The standard InChI is InChI=1S/C13H15N3O3S/c1-3-8-5-9-4-7(2)20(18,19)11(9)6-10(8)12(17)16-13(14)15/h4-6H,3H2,1-2H3,(H4,14,15,16,17). The monoisotopic (exact) mass is 293 g/mol. The van der Waals surface area contributed by atoms with Crippen molar-refractivity contribution in [2.45, 2.75) is 25.2 Å². The Morgan fingerprint density at radius 3 is 2.50 bits per heavy atom. The molecule has 1 aromatic carbocycles. The van der Waals surface area contributed by atoms with Gasteiger partial charge in [0.05, 0.1) is 4.90 Å². The second-order valence-corrected chi connectivity index (χ2v) is 6.59. The van der Waals surface area contributed by atoms with Gasteiger partial charge in [0.1, 0.15) is 0 Å². The Hall–Kier alpha value is -2.15. The number of amides is 1. The van der Waals surface area contributed by atoms with E-state index < -0.39 is 15.7 Å². The largest absolute Gasteiger partial charge is 0.370 e. The average Bonchev–Trinajstić information content (AvgIpc) is 2.57. The van der Waals surface area contributed by atoms with Gasteiger partial charge in [-0.3, -0.25) is 4.79 Å². The highest BCUT2D eigenvalue weighted by atomic mass is 32.2. The van der Waals surface area contributed by atoms with Crippen LogP contribution in [-0.4, -0.2) is 20.3 Å². The molecular weight excluding hydrogens is 278 g/mol. The minimum Gasteiger partial charge on any atom is -0.370 e. The first kappa shape index (κ1) is 14.3. The lowest BCUT2D eigenvalue weighted by atomic mass is 10.0. The Labute approximate surface area is 117 Å². The SMILES string of the molecule is CCc1cc2c(cc1C(=O)N=C(N)N)S(=O)(=O)C(C)=C2. The highest BCUT2D eigenvalue weighted by Crippen LogP contribution is 2.34. The number of carbonyl (C=O) groups is 1. The van der Waals surface area contributed by atoms with Gasteiger partial charge in [-0.15, -0.1) is 0 Å². The van der Waals surface area contributed by atoms with Gasteiger partial charge in [0.2, 0.25) is 9.84 Å². The number of hydrogen-bond acceptors (Lipinski definition) is 3. The lowest BCUT2D eigenvalue weighted by molar-refractivity contribution is 0.100. The molecule has 0 spiro atoms. The number of nitrogens with zero attached hydrogens (tertiary/aromatic N) is 1. The van der Waals surface area contributed by atoms with Crippen LogP contribution in [0.4, 0.5) is 0 Å². The molecule has 0 saturated carbocycles. The number of aryl methyl sites for hydroxylation is 1. The molecule has 0 unspecified atom stereocenters. The number of aliphatic imine (C=N–C) groups is 1. The molecule has 7 heteroatoms. The van der Waals surface area contributed by atoms with Crippen molar-refractivity contribution in [3.8, 4) is 0 Å². The number of allylic oxidation sites excluding steroid dienone is 1. The number of benzene rings is 1. The summed E-state index contributed by atoms with van der Waals surface area (Å²) in [6.07, 6.45) is 2.17. The fourth-order valence-corrected chi connectivity index (χ4v) is 3.46. The van der Waals surface area contributed by atoms with Gasteiger partial charge in [-0.05, 0) is 42.7 Å². The van der Waals surface area contributed by atoms with Crippen LogP contribution in [0.1, 0.15) is 35.3 Å². The van der Waals surface area contributed by atoms with E-state index in [2.05, 4.69) is 4.99 Å². The number of carbonyl (C=O) groups excluding carboxylic acids is 1. The molecule has 20 heavy (non-hydrogen) atoms. The van der Waals surface area contributed by atoms with Crippen LogP contribution in [0.25, 0.3) is 6.08 Å². The van der Waals surface area contributed by atoms with E-state index in [1.54, 1.807) is 12.1 Å². The minimum atomic E-state index is -3.50.